The third-order valence-corrected chi connectivity index (χ3v) is 8.54. The molecule has 0 saturated carbocycles. The van der Waals surface area contributed by atoms with Crippen LogP contribution < -0.4 is 5.32 Å². The van der Waals surface area contributed by atoms with Crippen molar-refractivity contribution in [2.45, 2.75) is 13.0 Å². The lowest BCUT2D eigenvalue weighted by Gasteiger charge is -2.16. The van der Waals surface area contributed by atoms with E-state index in [2.05, 4.69) is 89.7 Å². The Morgan fingerprint density at radius 1 is 1.19 bits per heavy atom. The summed E-state index contributed by atoms with van der Waals surface area (Å²) in [6, 6.07) is 8.83. The largest absolute Gasteiger partial charge is 0.306 e. The Balaban J connectivity index is 2.13. The summed E-state index contributed by atoms with van der Waals surface area (Å²) >= 11 is 14.4. The number of nitrogens with one attached hydrogen (secondary N) is 1. The van der Waals surface area contributed by atoms with E-state index < -0.39 is 0 Å². The predicted molar refractivity (Wildman–Crippen MR) is 105 cm³/mol. The Morgan fingerprint density at radius 3 is 2.67 bits per heavy atom. The number of thiophene rings is 2. The number of fused-ring (bicyclic) bond motifs is 1. The van der Waals surface area contributed by atoms with E-state index in [0.717, 1.165) is 14.8 Å². The highest BCUT2D eigenvalue weighted by molar-refractivity contribution is 9.13. The fourth-order valence-corrected chi connectivity index (χ4v) is 6.17. The highest BCUT2D eigenvalue weighted by atomic mass is 79.9. The number of hydrogen-bond donors (Lipinski definition) is 1. The van der Waals surface area contributed by atoms with Crippen LogP contribution in [-0.2, 0) is 0 Å². The van der Waals surface area contributed by atoms with Gasteiger partial charge in [-0.05, 0) is 82.8 Å². The molecule has 110 valence electrons. The quantitative estimate of drug-likeness (QED) is 0.401. The number of rotatable bonds is 4. The minimum atomic E-state index is 0.227. The second-order valence-electron chi connectivity index (χ2n) is 4.57. The Hall–Kier alpha value is 0.280. The molecule has 6 heteroatoms. The maximum absolute atomic E-state index is 3.65. The summed E-state index contributed by atoms with van der Waals surface area (Å²) in [6.07, 6.45) is 0. The zero-order valence-corrected chi connectivity index (χ0v) is 17.5. The topological polar surface area (TPSA) is 12.0 Å². The molecule has 1 unspecified atom stereocenters. The monoisotopic (exact) mass is 507 g/mol. The molecule has 1 N–H and O–H groups in total. The van der Waals surface area contributed by atoms with Gasteiger partial charge in [-0.2, -0.15) is 0 Å². The lowest BCUT2D eigenvalue weighted by molar-refractivity contribution is 0.645. The van der Waals surface area contributed by atoms with E-state index in [1.807, 2.05) is 0 Å². The summed E-state index contributed by atoms with van der Waals surface area (Å²) < 4.78 is 4.73. The molecule has 0 amide bonds. The average Bonchev–Trinajstić information content (AvgIpc) is 3.02. The van der Waals surface area contributed by atoms with Crippen LogP contribution >= 0.6 is 70.5 Å². The van der Waals surface area contributed by atoms with Crippen molar-refractivity contribution in [2.75, 3.05) is 6.54 Å². The minimum Gasteiger partial charge on any atom is -0.306 e. The Morgan fingerprint density at radius 2 is 2.00 bits per heavy atom. The molecule has 21 heavy (non-hydrogen) atoms. The molecule has 1 atom stereocenters. The van der Waals surface area contributed by atoms with Gasteiger partial charge in [-0.3, -0.25) is 0 Å². The first-order valence-corrected chi connectivity index (χ1v) is 10.5. The van der Waals surface area contributed by atoms with Crippen molar-refractivity contribution in [2.24, 2.45) is 0 Å². The van der Waals surface area contributed by atoms with Gasteiger partial charge in [0.05, 0.1) is 9.83 Å². The fourth-order valence-electron chi connectivity index (χ4n) is 2.34. The molecule has 0 radical (unpaired) electrons. The molecule has 0 bridgehead atoms. The smallest absolute Gasteiger partial charge is 0.0843 e. The van der Waals surface area contributed by atoms with Gasteiger partial charge in [0.1, 0.15) is 0 Å². The predicted octanol–water partition coefficient (Wildman–Crippen LogP) is 6.95. The Kier molecular flexibility index (Phi) is 5.23. The van der Waals surface area contributed by atoms with Crippen LogP contribution in [0.3, 0.4) is 0 Å². The molecule has 1 aromatic carbocycles. The number of halogens is 3. The van der Waals surface area contributed by atoms with E-state index in [9.17, 15) is 0 Å². The van der Waals surface area contributed by atoms with Gasteiger partial charge in [-0.1, -0.05) is 19.1 Å². The van der Waals surface area contributed by atoms with E-state index in [1.54, 1.807) is 22.7 Å². The summed E-state index contributed by atoms with van der Waals surface area (Å²) in [5.74, 6) is 0. The van der Waals surface area contributed by atoms with Crippen LogP contribution in [0.4, 0.5) is 0 Å². The molecular formula is C15H12Br3NS2. The van der Waals surface area contributed by atoms with Crippen LogP contribution in [0.1, 0.15) is 23.4 Å². The van der Waals surface area contributed by atoms with Crippen LogP contribution in [0.5, 0.6) is 0 Å². The fraction of sp³-hybridized carbons (Fsp3) is 0.200. The molecule has 0 fully saturated rings. The van der Waals surface area contributed by atoms with Crippen molar-refractivity contribution in [3.05, 3.63) is 52.8 Å². The van der Waals surface area contributed by atoms with Gasteiger partial charge < -0.3 is 5.32 Å². The van der Waals surface area contributed by atoms with Gasteiger partial charge in [0.2, 0.25) is 0 Å². The van der Waals surface area contributed by atoms with Crippen molar-refractivity contribution in [1.29, 1.82) is 0 Å². The average molecular weight is 510 g/mol. The summed E-state index contributed by atoms with van der Waals surface area (Å²) in [5, 5.41) is 7.20. The SMILES string of the molecule is CCNC(c1cc(Br)c(Br)s1)c1csc2c(Br)cccc12. The van der Waals surface area contributed by atoms with Crippen molar-refractivity contribution >= 4 is 80.5 Å². The normalized spacial score (nSPS) is 13.0. The lowest BCUT2D eigenvalue weighted by atomic mass is 10.0. The lowest BCUT2D eigenvalue weighted by Crippen LogP contribution is -2.20. The molecular weight excluding hydrogens is 498 g/mol. The van der Waals surface area contributed by atoms with Crippen molar-refractivity contribution in [3.63, 3.8) is 0 Å². The molecule has 0 spiro atoms. The molecule has 0 aliphatic carbocycles. The first-order chi connectivity index (χ1) is 10.1. The van der Waals surface area contributed by atoms with E-state index in [1.165, 1.54) is 25.0 Å². The van der Waals surface area contributed by atoms with Crippen LogP contribution in [-0.4, -0.2) is 6.54 Å². The third-order valence-electron chi connectivity index (χ3n) is 3.25. The van der Waals surface area contributed by atoms with Crippen LogP contribution in [0.2, 0.25) is 0 Å². The third kappa shape index (κ3) is 3.16. The first kappa shape index (κ1) is 16.1. The zero-order chi connectivity index (χ0) is 15.0. The Labute approximate surface area is 157 Å². The molecule has 2 heterocycles. The van der Waals surface area contributed by atoms with Gasteiger partial charge in [0.25, 0.3) is 0 Å². The second kappa shape index (κ2) is 6.81. The van der Waals surface area contributed by atoms with Crippen molar-refractivity contribution in [3.8, 4) is 0 Å². The summed E-state index contributed by atoms with van der Waals surface area (Å²) in [4.78, 5) is 1.32. The molecule has 1 nitrogen and oxygen atoms in total. The summed E-state index contributed by atoms with van der Waals surface area (Å²) in [5.41, 5.74) is 1.35. The first-order valence-electron chi connectivity index (χ1n) is 6.45. The maximum atomic E-state index is 3.65. The molecule has 3 aromatic rings. The van der Waals surface area contributed by atoms with Gasteiger partial charge in [-0.25, -0.2) is 0 Å². The molecule has 2 aromatic heterocycles. The van der Waals surface area contributed by atoms with E-state index in [4.69, 9.17) is 0 Å². The number of hydrogen-bond acceptors (Lipinski definition) is 3. The van der Waals surface area contributed by atoms with E-state index >= 15 is 0 Å². The Bertz CT molecular complexity index is 759. The highest BCUT2D eigenvalue weighted by Gasteiger charge is 2.20. The molecule has 3 rings (SSSR count). The van der Waals surface area contributed by atoms with Gasteiger partial charge in [-0.15, -0.1) is 22.7 Å². The molecule has 0 aliphatic heterocycles. The summed E-state index contributed by atoms with van der Waals surface area (Å²) in [6.45, 7) is 3.08. The van der Waals surface area contributed by atoms with Crippen LogP contribution in [0, 0.1) is 0 Å². The maximum Gasteiger partial charge on any atom is 0.0843 e. The van der Waals surface area contributed by atoms with Gasteiger partial charge >= 0.3 is 0 Å². The van der Waals surface area contributed by atoms with E-state index in [-0.39, 0.29) is 6.04 Å². The summed E-state index contributed by atoms with van der Waals surface area (Å²) in [7, 11) is 0. The van der Waals surface area contributed by atoms with Gasteiger partial charge in [0.15, 0.2) is 0 Å². The van der Waals surface area contributed by atoms with Crippen LogP contribution in [0.25, 0.3) is 10.1 Å². The number of benzene rings is 1. The standard InChI is InChI=1S/C15H12Br3NS2/c1-2-19-13(12-6-11(17)15(18)21-12)9-7-20-14-8(9)4-3-5-10(14)16/h3-7,13,19H,2H2,1H3. The second-order valence-corrected chi connectivity index (χ2v) is 9.56. The van der Waals surface area contributed by atoms with Crippen molar-refractivity contribution < 1.29 is 0 Å². The minimum absolute atomic E-state index is 0.227. The highest BCUT2D eigenvalue weighted by Crippen LogP contribution is 2.41. The van der Waals surface area contributed by atoms with Crippen LogP contribution in [0.15, 0.2) is 42.4 Å². The molecule has 0 saturated heterocycles. The zero-order valence-electron chi connectivity index (χ0n) is 11.1. The van der Waals surface area contributed by atoms with Gasteiger partial charge in [0, 0.05) is 18.5 Å². The van der Waals surface area contributed by atoms with E-state index in [0.29, 0.717) is 0 Å². The molecule has 0 aliphatic rings. The van der Waals surface area contributed by atoms with Crippen molar-refractivity contribution in [1.82, 2.24) is 5.32 Å².